The zero-order chi connectivity index (χ0) is 28.6. The number of rotatable bonds is 9. The van der Waals surface area contributed by atoms with Crippen molar-refractivity contribution >= 4 is 40.9 Å². The van der Waals surface area contributed by atoms with Gasteiger partial charge >= 0.3 is 0 Å². The molecular weight excluding hydrogens is 545 g/mol. The molecule has 210 valence electrons. The number of aryl methyl sites for hydroxylation is 1. The van der Waals surface area contributed by atoms with E-state index in [9.17, 15) is 14.4 Å². The summed E-state index contributed by atoms with van der Waals surface area (Å²) in [7, 11) is 0. The maximum absolute atomic E-state index is 13.8. The normalized spacial score (nSPS) is 15.9. The zero-order valence-electron chi connectivity index (χ0n) is 22.9. The van der Waals surface area contributed by atoms with Crippen molar-refractivity contribution in [1.82, 2.24) is 15.1 Å². The highest BCUT2D eigenvalue weighted by Crippen LogP contribution is 2.24. The average molecular weight is 581 g/mol. The quantitative estimate of drug-likeness (QED) is 0.335. The molecule has 0 bridgehead atoms. The van der Waals surface area contributed by atoms with Gasteiger partial charge < -0.3 is 15.1 Å². The second-order valence-electron chi connectivity index (χ2n) is 10.3. The van der Waals surface area contributed by atoms with Crippen LogP contribution in [0, 0.1) is 0 Å². The van der Waals surface area contributed by atoms with Gasteiger partial charge in [0.1, 0.15) is 6.04 Å². The molecule has 3 aromatic carbocycles. The van der Waals surface area contributed by atoms with Gasteiger partial charge in [-0.15, -0.1) is 0 Å². The molecule has 0 aliphatic carbocycles. The fourth-order valence-corrected chi connectivity index (χ4v) is 5.48. The van der Waals surface area contributed by atoms with Crippen molar-refractivity contribution in [3.05, 3.63) is 105 Å². The van der Waals surface area contributed by atoms with Crippen LogP contribution in [0.15, 0.2) is 72.8 Å². The largest absolute Gasteiger partial charge is 0.340 e. The molecule has 0 aromatic heterocycles. The molecule has 3 amide bonds. The fraction of sp³-hybridized carbons (Fsp3) is 0.344. The molecule has 1 saturated heterocycles. The Labute approximate surface area is 246 Å². The van der Waals surface area contributed by atoms with Gasteiger partial charge in [0.2, 0.25) is 5.91 Å². The highest BCUT2D eigenvalue weighted by molar-refractivity contribution is 6.36. The Kier molecular flexibility index (Phi) is 10.2. The first kappa shape index (κ1) is 29.6. The first-order chi connectivity index (χ1) is 19.3. The molecule has 8 heteroatoms. The molecule has 4 rings (SSSR count). The molecule has 1 N–H and O–H groups in total. The van der Waals surface area contributed by atoms with E-state index in [1.807, 2.05) is 61.5 Å². The average Bonchev–Trinajstić information content (AvgIpc) is 2.95. The fourth-order valence-electron chi connectivity index (χ4n) is 4.99. The summed E-state index contributed by atoms with van der Waals surface area (Å²) < 4.78 is 0. The number of nitrogens with one attached hydrogen (secondary N) is 1. The number of piperazine rings is 1. The van der Waals surface area contributed by atoms with Crippen LogP contribution in [0.1, 0.15) is 58.5 Å². The number of hydrogen-bond donors (Lipinski definition) is 1. The lowest BCUT2D eigenvalue weighted by molar-refractivity contribution is -0.135. The summed E-state index contributed by atoms with van der Waals surface area (Å²) >= 11 is 12.3. The molecule has 1 heterocycles. The van der Waals surface area contributed by atoms with Crippen molar-refractivity contribution < 1.29 is 14.4 Å². The van der Waals surface area contributed by atoms with Gasteiger partial charge in [-0.3, -0.25) is 14.4 Å². The standard InChI is InChI=1S/C32H35Cl2N3O3/c1-3-4-8-23-11-13-25(14-12-23)30(38)35-29(19-24-9-6-5-7-10-24)32(40)36-17-18-37(22(2)21-36)31(39)27-16-15-26(33)20-28(27)34/h5-7,9-16,20,22,29H,3-4,8,17-19,21H2,1-2H3,(H,35,38). The third-order valence-electron chi connectivity index (χ3n) is 7.28. The molecule has 0 spiro atoms. The molecule has 0 saturated carbocycles. The van der Waals surface area contributed by atoms with Gasteiger partial charge in [0.15, 0.2) is 0 Å². The second-order valence-corrected chi connectivity index (χ2v) is 11.1. The third kappa shape index (κ3) is 7.43. The molecule has 3 aromatic rings. The van der Waals surface area contributed by atoms with Crippen molar-refractivity contribution in [2.75, 3.05) is 19.6 Å². The SMILES string of the molecule is CCCCc1ccc(C(=O)NC(Cc2ccccc2)C(=O)N2CCN(C(=O)c3ccc(Cl)cc3Cl)C(C)C2)cc1. The van der Waals surface area contributed by atoms with Crippen LogP contribution < -0.4 is 5.32 Å². The van der Waals surface area contributed by atoms with Crippen LogP contribution in [0.25, 0.3) is 0 Å². The highest BCUT2D eigenvalue weighted by atomic mass is 35.5. The Morgan fingerprint density at radius 2 is 1.68 bits per heavy atom. The molecule has 6 nitrogen and oxygen atoms in total. The van der Waals surface area contributed by atoms with Gasteiger partial charge in [0, 0.05) is 42.7 Å². The van der Waals surface area contributed by atoms with Crippen LogP contribution in [-0.2, 0) is 17.6 Å². The predicted octanol–water partition coefficient (Wildman–Crippen LogP) is 6.05. The van der Waals surface area contributed by atoms with E-state index >= 15 is 0 Å². The van der Waals surface area contributed by atoms with Gasteiger partial charge in [0.25, 0.3) is 11.8 Å². The van der Waals surface area contributed by atoms with E-state index in [1.165, 1.54) is 5.56 Å². The van der Waals surface area contributed by atoms with Crippen LogP contribution in [-0.4, -0.2) is 59.2 Å². The maximum Gasteiger partial charge on any atom is 0.255 e. The molecular formula is C32H35Cl2N3O3. The van der Waals surface area contributed by atoms with Crippen molar-refractivity contribution in [2.45, 2.75) is 51.6 Å². The van der Waals surface area contributed by atoms with E-state index in [-0.39, 0.29) is 23.8 Å². The van der Waals surface area contributed by atoms with Crippen molar-refractivity contribution in [3.8, 4) is 0 Å². The summed E-state index contributed by atoms with van der Waals surface area (Å²) in [6.45, 7) is 5.12. The summed E-state index contributed by atoms with van der Waals surface area (Å²) in [6, 6.07) is 21.1. The number of hydrogen-bond acceptors (Lipinski definition) is 3. The molecule has 2 unspecified atom stereocenters. The number of nitrogens with zero attached hydrogens (tertiary/aromatic N) is 2. The van der Waals surface area contributed by atoms with Crippen molar-refractivity contribution in [2.24, 2.45) is 0 Å². The summed E-state index contributed by atoms with van der Waals surface area (Å²) in [5.41, 5.74) is 3.05. The van der Waals surface area contributed by atoms with Crippen LogP contribution in [0.4, 0.5) is 0 Å². The Morgan fingerprint density at radius 1 is 0.950 bits per heavy atom. The minimum atomic E-state index is -0.741. The first-order valence-electron chi connectivity index (χ1n) is 13.7. The van der Waals surface area contributed by atoms with Crippen LogP contribution in [0.5, 0.6) is 0 Å². The van der Waals surface area contributed by atoms with Gasteiger partial charge in [-0.25, -0.2) is 0 Å². The van der Waals surface area contributed by atoms with E-state index in [4.69, 9.17) is 23.2 Å². The van der Waals surface area contributed by atoms with Crippen molar-refractivity contribution in [1.29, 1.82) is 0 Å². The number of benzene rings is 3. The molecule has 1 aliphatic heterocycles. The molecule has 2 atom stereocenters. The Balaban J connectivity index is 1.46. The maximum atomic E-state index is 13.8. The second kappa shape index (κ2) is 13.8. The Bertz CT molecular complexity index is 1330. The Morgan fingerprint density at radius 3 is 2.33 bits per heavy atom. The van der Waals surface area contributed by atoms with E-state index < -0.39 is 6.04 Å². The molecule has 40 heavy (non-hydrogen) atoms. The first-order valence-corrected chi connectivity index (χ1v) is 14.5. The summed E-state index contributed by atoms with van der Waals surface area (Å²) in [5.74, 6) is -0.645. The van der Waals surface area contributed by atoms with E-state index in [2.05, 4.69) is 12.2 Å². The summed E-state index contributed by atoms with van der Waals surface area (Å²) in [6.07, 6.45) is 3.56. The van der Waals surface area contributed by atoms with Crippen LogP contribution in [0.2, 0.25) is 10.0 Å². The van der Waals surface area contributed by atoms with E-state index in [1.54, 1.807) is 28.0 Å². The lowest BCUT2D eigenvalue weighted by Crippen LogP contribution is -2.59. The van der Waals surface area contributed by atoms with Gasteiger partial charge in [-0.2, -0.15) is 0 Å². The zero-order valence-corrected chi connectivity index (χ0v) is 24.4. The van der Waals surface area contributed by atoms with Gasteiger partial charge in [0.05, 0.1) is 10.6 Å². The minimum Gasteiger partial charge on any atom is -0.340 e. The number of carbonyl (C=O) groups is 3. The molecule has 0 radical (unpaired) electrons. The lowest BCUT2D eigenvalue weighted by atomic mass is 10.0. The van der Waals surface area contributed by atoms with Gasteiger partial charge in [-0.05, 0) is 61.2 Å². The number of halogens is 2. The molecule has 1 aliphatic rings. The van der Waals surface area contributed by atoms with Crippen LogP contribution in [0.3, 0.4) is 0 Å². The van der Waals surface area contributed by atoms with E-state index in [0.717, 1.165) is 24.8 Å². The Hall–Kier alpha value is -3.35. The predicted molar refractivity (Wildman–Crippen MR) is 160 cm³/mol. The molecule has 1 fully saturated rings. The van der Waals surface area contributed by atoms with E-state index in [0.29, 0.717) is 47.2 Å². The summed E-state index contributed by atoms with van der Waals surface area (Å²) in [5, 5.41) is 3.75. The minimum absolute atomic E-state index is 0.166. The third-order valence-corrected chi connectivity index (χ3v) is 7.83. The smallest absolute Gasteiger partial charge is 0.255 e. The van der Waals surface area contributed by atoms with Gasteiger partial charge in [-0.1, -0.05) is 79.0 Å². The van der Waals surface area contributed by atoms with Crippen molar-refractivity contribution in [3.63, 3.8) is 0 Å². The number of amides is 3. The highest BCUT2D eigenvalue weighted by Gasteiger charge is 2.34. The monoisotopic (exact) mass is 579 g/mol. The van der Waals surface area contributed by atoms with Crippen LogP contribution >= 0.6 is 23.2 Å². The summed E-state index contributed by atoms with van der Waals surface area (Å²) in [4.78, 5) is 43.7. The number of carbonyl (C=O) groups excluding carboxylic acids is 3. The lowest BCUT2D eigenvalue weighted by Gasteiger charge is -2.41. The topological polar surface area (TPSA) is 69.7 Å². The number of unbranched alkanes of at least 4 members (excludes halogenated alkanes) is 1.